The number of benzene rings is 2. The summed E-state index contributed by atoms with van der Waals surface area (Å²) >= 11 is 3.50. The highest BCUT2D eigenvalue weighted by Crippen LogP contribution is 2.22. The fraction of sp³-hybridized carbons (Fsp3) is 0.235. The average Bonchev–Trinajstić information content (AvgIpc) is 2.43. The third kappa shape index (κ3) is 3.28. The first-order valence-corrected chi connectivity index (χ1v) is 7.34. The second kappa shape index (κ2) is 6.23. The number of halogens is 1. The summed E-state index contributed by atoms with van der Waals surface area (Å²) in [5, 5.41) is 0. The van der Waals surface area contributed by atoms with Crippen molar-refractivity contribution in [2.75, 3.05) is 7.05 Å². The summed E-state index contributed by atoms with van der Waals surface area (Å²) in [5.41, 5.74) is 4.14. The van der Waals surface area contributed by atoms with E-state index in [1.54, 1.807) is 4.90 Å². The Hall–Kier alpha value is -1.61. The van der Waals surface area contributed by atoms with Crippen LogP contribution in [0.25, 0.3) is 0 Å². The fourth-order valence-corrected chi connectivity index (χ4v) is 2.49. The van der Waals surface area contributed by atoms with Gasteiger partial charge in [0, 0.05) is 18.1 Å². The van der Waals surface area contributed by atoms with Gasteiger partial charge >= 0.3 is 0 Å². The minimum absolute atomic E-state index is 0.0288. The molecule has 1 amide bonds. The number of nitrogens with zero attached hydrogens (tertiary/aromatic N) is 1. The third-order valence-electron chi connectivity index (χ3n) is 3.31. The molecule has 3 heteroatoms. The van der Waals surface area contributed by atoms with Crippen LogP contribution in [0.15, 0.2) is 46.9 Å². The first-order chi connectivity index (χ1) is 9.49. The second-order valence-electron chi connectivity index (χ2n) is 5.08. The number of rotatable bonds is 3. The zero-order valence-corrected chi connectivity index (χ0v) is 13.6. The molecule has 0 aliphatic rings. The molecule has 0 fully saturated rings. The first-order valence-electron chi connectivity index (χ1n) is 6.55. The number of carbonyl (C=O) groups is 1. The third-order valence-corrected chi connectivity index (χ3v) is 4.36. The summed E-state index contributed by atoms with van der Waals surface area (Å²) in [6.07, 6.45) is 0. The average molecular weight is 332 g/mol. The van der Waals surface area contributed by atoms with E-state index in [9.17, 15) is 4.79 Å². The molecule has 2 aromatic rings. The summed E-state index contributed by atoms with van der Waals surface area (Å²) in [6.45, 7) is 4.66. The van der Waals surface area contributed by atoms with Crippen molar-refractivity contribution in [3.8, 4) is 0 Å². The number of hydrogen-bond donors (Lipinski definition) is 0. The molecule has 104 valence electrons. The molecule has 0 saturated heterocycles. The highest BCUT2D eigenvalue weighted by Gasteiger charge is 2.15. The summed E-state index contributed by atoms with van der Waals surface area (Å²) < 4.78 is 0.876. The number of amides is 1. The van der Waals surface area contributed by atoms with E-state index >= 15 is 0 Å². The Morgan fingerprint density at radius 3 is 2.40 bits per heavy atom. The van der Waals surface area contributed by atoms with Gasteiger partial charge in [0.15, 0.2) is 0 Å². The molecule has 0 saturated carbocycles. The van der Waals surface area contributed by atoms with Crippen molar-refractivity contribution in [1.82, 2.24) is 4.90 Å². The lowest BCUT2D eigenvalue weighted by molar-refractivity contribution is 0.0784. The van der Waals surface area contributed by atoms with Gasteiger partial charge in [-0.25, -0.2) is 0 Å². The molecule has 0 N–H and O–H groups in total. The van der Waals surface area contributed by atoms with Gasteiger partial charge in [-0.2, -0.15) is 0 Å². The van der Waals surface area contributed by atoms with E-state index in [0.29, 0.717) is 12.1 Å². The standard InChI is InChI=1S/C17H18BrNO/c1-12-7-9-14(10-8-12)11-19(3)17(20)15-6-4-5-13(2)16(15)18/h4-10H,11H2,1-3H3. The van der Waals surface area contributed by atoms with Gasteiger partial charge in [-0.15, -0.1) is 0 Å². The molecule has 0 radical (unpaired) electrons. The van der Waals surface area contributed by atoms with Gasteiger partial charge in [0.1, 0.15) is 0 Å². The number of hydrogen-bond acceptors (Lipinski definition) is 1. The SMILES string of the molecule is Cc1ccc(CN(C)C(=O)c2cccc(C)c2Br)cc1. The van der Waals surface area contributed by atoms with Crippen LogP contribution in [0, 0.1) is 13.8 Å². The van der Waals surface area contributed by atoms with Gasteiger partial charge in [-0.05, 0) is 47.0 Å². The Bertz CT molecular complexity index is 619. The van der Waals surface area contributed by atoms with Gasteiger partial charge in [-0.1, -0.05) is 42.0 Å². The minimum atomic E-state index is 0.0288. The maximum absolute atomic E-state index is 12.5. The highest BCUT2D eigenvalue weighted by molar-refractivity contribution is 9.10. The zero-order valence-electron chi connectivity index (χ0n) is 12.0. The van der Waals surface area contributed by atoms with Crippen molar-refractivity contribution in [1.29, 1.82) is 0 Å². The van der Waals surface area contributed by atoms with E-state index < -0.39 is 0 Å². The highest BCUT2D eigenvalue weighted by atomic mass is 79.9. The molecular weight excluding hydrogens is 314 g/mol. The second-order valence-corrected chi connectivity index (χ2v) is 5.88. The molecule has 0 aromatic heterocycles. The van der Waals surface area contributed by atoms with Crippen molar-refractivity contribution in [3.05, 3.63) is 69.2 Å². The van der Waals surface area contributed by atoms with E-state index in [0.717, 1.165) is 15.6 Å². The Morgan fingerprint density at radius 1 is 1.10 bits per heavy atom. The van der Waals surface area contributed by atoms with Crippen LogP contribution in [0.2, 0.25) is 0 Å². The molecule has 2 nitrogen and oxygen atoms in total. The van der Waals surface area contributed by atoms with Crippen molar-refractivity contribution < 1.29 is 4.79 Å². The topological polar surface area (TPSA) is 20.3 Å². The summed E-state index contributed by atoms with van der Waals surface area (Å²) in [6, 6.07) is 14.0. The van der Waals surface area contributed by atoms with Crippen LogP contribution in [-0.2, 0) is 6.54 Å². The van der Waals surface area contributed by atoms with Crippen LogP contribution in [0.1, 0.15) is 27.0 Å². The van der Waals surface area contributed by atoms with Crippen LogP contribution < -0.4 is 0 Å². The van der Waals surface area contributed by atoms with Crippen LogP contribution in [0.3, 0.4) is 0 Å². The van der Waals surface area contributed by atoms with Crippen LogP contribution in [-0.4, -0.2) is 17.9 Å². The van der Waals surface area contributed by atoms with E-state index in [2.05, 4.69) is 47.1 Å². The van der Waals surface area contributed by atoms with E-state index in [-0.39, 0.29) is 5.91 Å². The van der Waals surface area contributed by atoms with Crippen molar-refractivity contribution in [2.45, 2.75) is 20.4 Å². The molecule has 0 aliphatic carbocycles. The molecule has 0 aliphatic heterocycles. The summed E-state index contributed by atoms with van der Waals surface area (Å²) in [5.74, 6) is 0.0288. The largest absolute Gasteiger partial charge is 0.337 e. The van der Waals surface area contributed by atoms with Crippen molar-refractivity contribution in [3.63, 3.8) is 0 Å². The molecule has 0 bridgehead atoms. The first kappa shape index (κ1) is 14.8. The quantitative estimate of drug-likeness (QED) is 0.819. The summed E-state index contributed by atoms with van der Waals surface area (Å²) in [4.78, 5) is 14.2. The van der Waals surface area contributed by atoms with E-state index in [4.69, 9.17) is 0 Å². The maximum atomic E-state index is 12.5. The van der Waals surface area contributed by atoms with Gasteiger partial charge in [0.25, 0.3) is 5.91 Å². The molecule has 2 aromatic carbocycles. The van der Waals surface area contributed by atoms with Gasteiger partial charge in [0.05, 0.1) is 5.56 Å². The lowest BCUT2D eigenvalue weighted by Crippen LogP contribution is -2.26. The number of carbonyl (C=O) groups excluding carboxylic acids is 1. The van der Waals surface area contributed by atoms with Crippen molar-refractivity contribution >= 4 is 21.8 Å². The molecule has 0 atom stereocenters. The molecule has 2 rings (SSSR count). The Labute approximate surface area is 128 Å². The van der Waals surface area contributed by atoms with Crippen LogP contribution in [0.4, 0.5) is 0 Å². The predicted molar refractivity (Wildman–Crippen MR) is 85.9 cm³/mol. The van der Waals surface area contributed by atoms with Crippen LogP contribution in [0.5, 0.6) is 0 Å². The van der Waals surface area contributed by atoms with Gasteiger partial charge in [0.2, 0.25) is 0 Å². The number of aryl methyl sites for hydroxylation is 2. The minimum Gasteiger partial charge on any atom is -0.337 e. The maximum Gasteiger partial charge on any atom is 0.255 e. The van der Waals surface area contributed by atoms with Crippen molar-refractivity contribution in [2.24, 2.45) is 0 Å². The predicted octanol–water partition coefficient (Wildman–Crippen LogP) is 4.34. The Kier molecular flexibility index (Phi) is 4.61. The molecule has 0 unspecified atom stereocenters. The van der Waals surface area contributed by atoms with E-state index in [1.807, 2.05) is 32.2 Å². The van der Waals surface area contributed by atoms with E-state index in [1.165, 1.54) is 5.56 Å². The van der Waals surface area contributed by atoms with Gasteiger partial charge in [-0.3, -0.25) is 4.79 Å². The fourth-order valence-electron chi connectivity index (χ4n) is 2.06. The van der Waals surface area contributed by atoms with Crippen LogP contribution >= 0.6 is 15.9 Å². The molecule has 0 heterocycles. The monoisotopic (exact) mass is 331 g/mol. The zero-order chi connectivity index (χ0) is 14.7. The molecular formula is C17H18BrNO. The Morgan fingerprint density at radius 2 is 1.75 bits per heavy atom. The summed E-state index contributed by atoms with van der Waals surface area (Å²) in [7, 11) is 1.83. The smallest absolute Gasteiger partial charge is 0.255 e. The lowest BCUT2D eigenvalue weighted by Gasteiger charge is -2.18. The molecule has 20 heavy (non-hydrogen) atoms. The Balaban J connectivity index is 2.16. The lowest BCUT2D eigenvalue weighted by atomic mass is 10.1. The molecule has 0 spiro atoms. The van der Waals surface area contributed by atoms with Gasteiger partial charge < -0.3 is 4.90 Å². The normalized spacial score (nSPS) is 10.4.